The van der Waals surface area contributed by atoms with E-state index in [1.54, 1.807) is 4.68 Å². The molecule has 1 atom stereocenters. The molecule has 0 N–H and O–H groups in total. The van der Waals surface area contributed by atoms with Gasteiger partial charge in [-0.15, -0.1) is 0 Å². The Morgan fingerprint density at radius 3 is 2.73 bits per heavy atom. The number of tetrazole rings is 1. The quantitative estimate of drug-likeness (QED) is 0.783. The summed E-state index contributed by atoms with van der Waals surface area (Å²) in [6, 6.07) is 0. The monoisotopic (exact) mass is 308 g/mol. The summed E-state index contributed by atoms with van der Waals surface area (Å²) < 4.78 is 7.18. The standard InChI is InChI=1S/C14H24N6O2/c1-18(13(21)12-4-3-9-22-12)10-11-5-7-20(8-6-11)14-15-16-17-19(14)2/h11-12H,3-10H2,1-2H3. The van der Waals surface area contributed by atoms with E-state index in [9.17, 15) is 4.79 Å². The van der Waals surface area contributed by atoms with Crippen molar-refractivity contribution < 1.29 is 9.53 Å². The van der Waals surface area contributed by atoms with Crippen molar-refractivity contribution in [1.82, 2.24) is 25.1 Å². The zero-order chi connectivity index (χ0) is 15.5. The van der Waals surface area contributed by atoms with Crippen LogP contribution in [0.1, 0.15) is 25.7 Å². The molecule has 3 heterocycles. The van der Waals surface area contributed by atoms with Gasteiger partial charge >= 0.3 is 0 Å². The maximum Gasteiger partial charge on any atom is 0.251 e. The summed E-state index contributed by atoms with van der Waals surface area (Å²) in [7, 11) is 3.75. The number of ether oxygens (including phenoxy) is 1. The molecule has 2 aliphatic rings. The fourth-order valence-electron chi connectivity index (χ4n) is 3.30. The molecule has 1 amide bonds. The predicted octanol–water partition coefficient (Wildman–Crippen LogP) is 0.0639. The summed E-state index contributed by atoms with van der Waals surface area (Å²) >= 11 is 0. The molecule has 0 aliphatic carbocycles. The first-order valence-corrected chi connectivity index (χ1v) is 7.99. The number of hydrogen-bond acceptors (Lipinski definition) is 6. The van der Waals surface area contributed by atoms with Crippen molar-refractivity contribution in [1.29, 1.82) is 0 Å². The Hall–Kier alpha value is -1.70. The van der Waals surface area contributed by atoms with Gasteiger partial charge in [0, 0.05) is 40.3 Å². The van der Waals surface area contributed by atoms with E-state index < -0.39 is 0 Å². The van der Waals surface area contributed by atoms with Crippen molar-refractivity contribution in [2.75, 3.05) is 38.2 Å². The maximum atomic E-state index is 12.3. The fourth-order valence-corrected chi connectivity index (χ4v) is 3.30. The fraction of sp³-hybridized carbons (Fsp3) is 0.857. The van der Waals surface area contributed by atoms with Gasteiger partial charge < -0.3 is 14.5 Å². The zero-order valence-corrected chi connectivity index (χ0v) is 13.3. The lowest BCUT2D eigenvalue weighted by Gasteiger charge is -2.34. The van der Waals surface area contributed by atoms with E-state index in [0.717, 1.165) is 51.3 Å². The van der Waals surface area contributed by atoms with E-state index in [4.69, 9.17) is 4.74 Å². The summed E-state index contributed by atoms with van der Waals surface area (Å²) in [5.74, 6) is 1.49. The molecule has 2 fully saturated rings. The Bertz CT molecular complexity index is 505. The normalized spacial score (nSPS) is 23.0. The van der Waals surface area contributed by atoms with Gasteiger partial charge in [-0.1, -0.05) is 5.10 Å². The smallest absolute Gasteiger partial charge is 0.251 e. The highest BCUT2D eigenvalue weighted by atomic mass is 16.5. The van der Waals surface area contributed by atoms with Crippen LogP contribution in [0.25, 0.3) is 0 Å². The molecule has 22 heavy (non-hydrogen) atoms. The Labute approximate surface area is 130 Å². The molecule has 2 aliphatic heterocycles. The van der Waals surface area contributed by atoms with Gasteiger partial charge in [-0.05, 0) is 42.0 Å². The molecular weight excluding hydrogens is 284 g/mol. The number of aromatic nitrogens is 4. The molecule has 2 saturated heterocycles. The molecule has 1 aromatic rings. The number of aryl methyl sites for hydroxylation is 1. The lowest BCUT2D eigenvalue weighted by Crippen LogP contribution is -2.43. The highest BCUT2D eigenvalue weighted by molar-refractivity contribution is 5.80. The molecule has 8 nitrogen and oxygen atoms in total. The summed E-state index contributed by atoms with van der Waals surface area (Å²) in [6.45, 7) is 3.39. The van der Waals surface area contributed by atoms with Crippen LogP contribution in [-0.2, 0) is 16.6 Å². The third-order valence-electron chi connectivity index (χ3n) is 4.61. The van der Waals surface area contributed by atoms with Crippen LogP contribution in [-0.4, -0.2) is 70.4 Å². The highest BCUT2D eigenvalue weighted by Crippen LogP contribution is 2.22. The molecule has 0 aromatic carbocycles. The molecule has 0 saturated carbocycles. The van der Waals surface area contributed by atoms with Gasteiger partial charge in [0.15, 0.2) is 0 Å². The second-order valence-corrected chi connectivity index (χ2v) is 6.25. The minimum absolute atomic E-state index is 0.137. The second kappa shape index (κ2) is 6.60. The van der Waals surface area contributed by atoms with E-state index in [0.29, 0.717) is 12.5 Å². The highest BCUT2D eigenvalue weighted by Gasteiger charge is 2.29. The number of anilines is 1. The topological polar surface area (TPSA) is 76.4 Å². The van der Waals surface area contributed by atoms with E-state index in [1.165, 1.54) is 0 Å². The molecule has 122 valence electrons. The number of carbonyl (C=O) groups is 1. The third kappa shape index (κ3) is 3.21. The van der Waals surface area contributed by atoms with Crippen molar-refractivity contribution in [3.8, 4) is 0 Å². The van der Waals surface area contributed by atoms with Gasteiger partial charge in [0.05, 0.1) is 0 Å². The van der Waals surface area contributed by atoms with Gasteiger partial charge in [-0.2, -0.15) is 0 Å². The Balaban J connectivity index is 1.47. The van der Waals surface area contributed by atoms with Crippen LogP contribution in [0.5, 0.6) is 0 Å². The van der Waals surface area contributed by atoms with Crippen LogP contribution in [0, 0.1) is 5.92 Å². The number of piperidine rings is 1. The van der Waals surface area contributed by atoms with Gasteiger partial charge in [-0.3, -0.25) is 4.79 Å². The van der Waals surface area contributed by atoms with Gasteiger partial charge in [0.25, 0.3) is 5.91 Å². The zero-order valence-electron chi connectivity index (χ0n) is 13.3. The predicted molar refractivity (Wildman–Crippen MR) is 80.3 cm³/mol. The van der Waals surface area contributed by atoms with Crippen LogP contribution in [0.3, 0.4) is 0 Å². The van der Waals surface area contributed by atoms with Crippen LogP contribution in [0.2, 0.25) is 0 Å². The van der Waals surface area contributed by atoms with Crippen molar-refractivity contribution in [3.63, 3.8) is 0 Å². The van der Waals surface area contributed by atoms with E-state index in [1.807, 2.05) is 19.0 Å². The summed E-state index contributed by atoms with van der Waals surface area (Å²) in [5, 5.41) is 11.6. The molecule has 3 rings (SSSR count). The molecule has 1 unspecified atom stereocenters. The number of rotatable bonds is 4. The lowest BCUT2D eigenvalue weighted by atomic mass is 9.96. The molecule has 1 aromatic heterocycles. The lowest BCUT2D eigenvalue weighted by molar-refractivity contribution is -0.140. The van der Waals surface area contributed by atoms with E-state index in [-0.39, 0.29) is 12.0 Å². The Morgan fingerprint density at radius 2 is 2.14 bits per heavy atom. The van der Waals surface area contributed by atoms with Crippen LogP contribution >= 0.6 is 0 Å². The summed E-state index contributed by atoms with van der Waals surface area (Å²) in [4.78, 5) is 16.3. The molecule has 8 heteroatoms. The second-order valence-electron chi connectivity index (χ2n) is 6.25. The van der Waals surface area contributed by atoms with Crippen LogP contribution in [0.4, 0.5) is 5.95 Å². The average molecular weight is 308 g/mol. The molecular formula is C14H24N6O2. The van der Waals surface area contributed by atoms with Crippen LogP contribution in [0.15, 0.2) is 0 Å². The minimum Gasteiger partial charge on any atom is -0.368 e. The minimum atomic E-state index is -0.213. The Kier molecular flexibility index (Phi) is 4.56. The number of nitrogens with zero attached hydrogens (tertiary/aromatic N) is 6. The van der Waals surface area contributed by atoms with Gasteiger partial charge in [-0.25, -0.2) is 4.68 Å². The first-order chi connectivity index (χ1) is 10.6. The van der Waals surface area contributed by atoms with Crippen molar-refractivity contribution in [2.24, 2.45) is 13.0 Å². The van der Waals surface area contributed by atoms with Crippen molar-refractivity contribution in [3.05, 3.63) is 0 Å². The number of hydrogen-bond donors (Lipinski definition) is 0. The summed E-state index contributed by atoms with van der Waals surface area (Å²) in [5.41, 5.74) is 0. The SMILES string of the molecule is CN(CC1CCN(c2nnnn2C)CC1)C(=O)C1CCCO1. The van der Waals surface area contributed by atoms with Crippen LogP contribution < -0.4 is 4.90 Å². The number of carbonyl (C=O) groups excluding carboxylic acids is 1. The van der Waals surface area contributed by atoms with E-state index >= 15 is 0 Å². The molecule has 0 bridgehead atoms. The largest absolute Gasteiger partial charge is 0.368 e. The first kappa shape index (κ1) is 15.2. The molecule has 0 radical (unpaired) electrons. The van der Waals surface area contributed by atoms with Crippen molar-refractivity contribution in [2.45, 2.75) is 31.8 Å². The summed E-state index contributed by atoms with van der Waals surface area (Å²) in [6.07, 6.45) is 3.75. The number of likely N-dealkylation sites (N-methyl/N-ethyl adjacent to an activating group) is 1. The van der Waals surface area contributed by atoms with Crippen molar-refractivity contribution >= 4 is 11.9 Å². The maximum absolute atomic E-state index is 12.3. The number of amides is 1. The third-order valence-corrected chi connectivity index (χ3v) is 4.61. The van der Waals surface area contributed by atoms with Gasteiger partial charge in [0.2, 0.25) is 5.95 Å². The average Bonchev–Trinajstić information content (AvgIpc) is 3.19. The van der Waals surface area contributed by atoms with E-state index in [2.05, 4.69) is 20.4 Å². The Morgan fingerprint density at radius 1 is 1.36 bits per heavy atom. The first-order valence-electron chi connectivity index (χ1n) is 7.99. The van der Waals surface area contributed by atoms with Gasteiger partial charge in [0.1, 0.15) is 6.10 Å². The molecule has 0 spiro atoms.